The molecule has 0 aliphatic rings. The molecular formula is C17H15N11. The van der Waals surface area contributed by atoms with E-state index in [1.807, 2.05) is 24.4 Å². The maximum Gasteiger partial charge on any atom is 0.242 e. The highest BCUT2D eigenvalue weighted by Gasteiger charge is 2.17. The number of imidazole rings is 1. The summed E-state index contributed by atoms with van der Waals surface area (Å²) in [6.45, 7) is 1.76. The molecule has 11 heteroatoms. The zero-order chi connectivity index (χ0) is 19.1. The van der Waals surface area contributed by atoms with Gasteiger partial charge in [0.25, 0.3) is 0 Å². The third-order valence-corrected chi connectivity index (χ3v) is 4.19. The summed E-state index contributed by atoms with van der Waals surface area (Å²) in [7, 11) is 0. The number of aromatic amines is 2. The van der Waals surface area contributed by atoms with Gasteiger partial charge in [0.1, 0.15) is 11.6 Å². The summed E-state index contributed by atoms with van der Waals surface area (Å²) in [5, 5.41) is 16.8. The molecule has 4 heterocycles. The zero-order valence-corrected chi connectivity index (χ0v) is 14.7. The molecule has 5 aromatic rings. The van der Waals surface area contributed by atoms with Crippen LogP contribution in [-0.2, 0) is 0 Å². The molecule has 11 nitrogen and oxygen atoms in total. The number of nitrogens with zero attached hydrogens (tertiary/aromatic N) is 7. The summed E-state index contributed by atoms with van der Waals surface area (Å²) in [5.41, 5.74) is 9.38. The fraction of sp³-hybridized carbons (Fsp3) is 0.0588. The van der Waals surface area contributed by atoms with Crippen LogP contribution in [0.4, 0.5) is 17.7 Å². The number of rotatable bonds is 4. The van der Waals surface area contributed by atoms with Crippen molar-refractivity contribution in [2.75, 3.05) is 11.1 Å². The minimum Gasteiger partial charge on any atom is -0.368 e. The van der Waals surface area contributed by atoms with Gasteiger partial charge in [-0.2, -0.15) is 25.1 Å². The summed E-state index contributed by atoms with van der Waals surface area (Å²) in [5.74, 6) is 2.25. The number of aromatic nitrogens is 9. The largest absolute Gasteiger partial charge is 0.368 e. The van der Waals surface area contributed by atoms with Crippen LogP contribution in [0, 0.1) is 6.92 Å². The number of nitrogens with two attached hydrogens (primary N) is 1. The molecule has 0 spiro atoms. The van der Waals surface area contributed by atoms with E-state index in [1.54, 1.807) is 30.0 Å². The maximum absolute atomic E-state index is 5.84. The van der Waals surface area contributed by atoms with Gasteiger partial charge in [-0.25, -0.2) is 9.55 Å². The van der Waals surface area contributed by atoms with E-state index in [0.29, 0.717) is 23.5 Å². The Hall–Kier alpha value is -4.28. The first-order chi connectivity index (χ1) is 13.7. The van der Waals surface area contributed by atoms with Gasteiger partial charge in [0.15, 0.2) is 0 Å². The summed E-state index contributed by atoms with van der Waals surface area (Å²) < 4.78 is 1.79. The van der Waals surface area contributed by atoms with Gasteiger partial charge in [-0.1, -0.05) is 6.07 Å². The molecule has 138 valence electrons. The van der Waals surface area contributed by atoms with Gasteiger partial charge in [0.05, 0.1) is 23.4 Å². The Labute approximate surface area is 158 Å². The SMILES string of the molecule is Cc1nc(N)nc(-n2c(Nc3ccn[nH]3)nc3cc(-c4cn[nH]c4)ccc32)n1. The minimum absolute atomic E-state index is 0.145. The lowest BCUT2D eigenvalue weighted by Crippen LogP contribution is -2.10. The van der Waals surface area contributed by atoms with Gasteiger partial charge in [-0.15, -0.1) is 0 Å². The Morgan fingerprint density at radius 2 is 1.96 bits per heavy atom. The van der Waals surface area contributed by atoms with Crippen molar-refractivity contribution in [3.63, 3.8) is 0 Å². The first-order valence-corrected chi connectivity index (χ1v) is 8.44. The van der Waals surface area contributed by atoms with Crippen molar-refractivity contribution in [2.24, 2.45) is 0 Å². The van der Waals surface area contributed by atoms with Crippen molar-refractivity contribution in [2.45, 2.75) is 6.92 Å². The molecule has 0 unspecified atom stereocenters. The fourth-order valence-corrected chi connectivity index (χ4v) is 2.99. The predicted molar refractivity (Wildman–Crippen MR) is 103 cm³/mol. The van der Waals surface area contributed by atoms with E-state index in [0.717, 1.165) is 22.2 Å². The number of nitrogen functional groups attached to an aromatic ring is 1. The maximum atomic E-state index is 5.84. The molecule has 0 bridgehead atoms. The Balaban J connectivity index is 1.72. The Bertz CT molecular complexity index is 1230. The minimum atomic E-state index is 0.145. The van der Waals surface area contributed by atoms with Crippen molar-refractivity contribution in [1.29, 1.82) is 0 Å². The second-order valence-electron chi connectivity index (χ2n) is 6.10. The average molecular weight is 373 g/mol. The molecule has 0 saturated carbocycles. The molecule has 0 radical (unpaired) electrons. The first-order valence-electron chi connectivity index (χ1n) is 8.44. The highest BCUT2D eigenvalue weighted by atomic mass is 15.3. The molecule has 0 aliphatic heterocycles. The number of hydrogen-bond donors (Lipinski definition) is 4. The van der Waals surface area contributed by atoms with Crippen LogP contribution in [0.15, 0.2) is 42.9 Å². The number of benzene rings is 1. The van der Waals surface area contributed by atoms with Crippen LogP contribution in [-0.4, -0.2) is 44.9 Å². The molecule has 5 N–H and O–H groups in total. The Kier molecular flexibility index (Phi) is 3.50. The van der Waals surface area contributed by atoms with E-state index >= 15 is 0 Å². The lowest BCUT2D eigenvalue weighted by Gasteiger charge is -2.09. The average Bonchev–Trinajstić information content (AvgIpc) is 3.41. The second kappa shape index (κ2) is 6.16. The third-order valence-electron chi connectivity index (χ3n) is 4.19. The Morgan fingerprint density at radius 3 is 2.71 bits per heavy atom. The van der Waals surface area contributed by atoms with Crippen LogP contribution in [0.1, 0.15) is 5.82 Å². The van der Waals surface area contributed by atoms with Crippen molar-refractivity contribution >= 4 is 28.7 Å². The first kappa shape index (κ1) is 15.9. The van der Waals surface area contributed by atoms with Crippen LogP contribution >= 0.6 is 0 Å². The number of aryl methyl sites for hydroxylation is 1. The van der Waals surface area contributed by atoms with E-state index in [4.69, 9.17) is 10.7 Å². The molecule has 28 heavy (non-hydrogen) atoms. The molecule has 4 aromatic heterocycles. The topological polar surface area (TPSA) is 152 Å². The quantitative estimate of drug-likeness (QED) is 0.373. The lowest BCUT2D eigenvalue weighted by atomic mass is 10.1. The van der Waals surface area contributed by atoms with Crippen LogP contribution in [0.2, 0.25) is 0 Å². The molecule has 0 amide bonds. The van der Waals surface area contributed by atoms with E-state index in [1.165, 1.54) is 0 Å². The summed E-state index contributed by atoms with van der Waals surface area (Å²) in [6.07, 6.45) is 5.24. The molecule has 0 saturated heterocycles. The van der Waals surface area contributed by atoms with Crippen molar-refractivity contribution in [1.82, 2.24) is 44.9 Å². The zero-order valence-electron chi connectivity index (χ0n) is 14.7. The van der Waals surface area contributed by atoms with E-state index in [2.05, 4.69) is 40.7 Å². The normalized spacial score (nSPS) is 11.2. The second-order valence-corrected chi connectivity index (χ2v) is 6.10. The number of hydrogen-bond acceptors (Lipinski definition) is 8. The fourth-order valence-electron chi connectivity index (χ4n) is 2.99. The van der Waals surface area contributed by atoms with Gasteiger partial charge in [0, 0.05) is 17.8 Å². The smallest absolute Gasteiger partial charge is 0.242 e. The van der Waals surface area contributed by atoms with Crippen LogP contribution < -0.4 is 11.1 Å². The van der Waals surface area contributed by atoms with Crippen LogP contribution in [0.3, 0.4) is 0 Å². The van der Waals surface area contributed by atoms with Crippen LogP contribution in [0.5, 0.6) is 0 Å². The third kappa shape index (κ3) is 2.70. The monoisotopic (exact) mass is 373 g/mol. The van der Waals surface area contributed by atoms with E-state index in [-0.39, 0.29) is 5.95 Å². The van der Waals surface area contributed by atoms with E-state index < -0.39 is 0 Å². The predicted octanol–water partition coefficient (Wildman–Crippen LogP) is 1.96. The lowest BCUT2D eigenvalue weighted by molar-refractivity contribution is 0.893. The highest BCUT2D eigenvalue weighted by Crippen LogP contribution is 2.29. The van der Waals surface area contributed by atoms with Gasteiger partial charge in [-0.3, -0.25) is 10.2 Å². The van der Waals surface area contributed by atoms with Crippen LogP contribution in [0.25, 0.3) is 28.1 Å². The van der Waals surface area contributed by atoms with Crippen molar-refractivity contribution in [3.8, 4) is 17.1 Å². The van der Waals surface area contributed by atoms with Gasteiger partial charge in [0.2, 0.25) is 17.8 Å². The molecule has 0 aliphatic carbocycles. The molecule has 5 rings (SSSR count). The summed E-state index contributed by atoms with van der Waals surface area (Å²) >= 11 is 0. The number of nitrogens with one attached hydrogen (secondary N) is 3. The number of H-pyrrole nitrogens is 2. The standard InChI is InChI=1S/C17H15N11/c1-9-22-15(18)26-16(23-9)28-13-3-2-10(11-7-20-21-8-11)6-12(13)24-17(28)25-14-4-5-19-27-14/h2-8H,1H3,(H,20,21)(H2,18,22,23,26)(H2,19,24,25,27). The van der Waals surface area contributed by atoms with Crippen molar-refractivity contribution < 1.29 is 0 Å². The number of fused-ring (bicyclic) bond motifs is 1. The van der Waals surface area contributed by atoms with Gasteiger partial charge in [-0.05, 0) is 24.6 Å². The van der Waals surface area contributed by atoms with E-state index in [9.17, 15) is 0 Å². The van der Waals surface area contributed by atoms with Crippen molar-refractivity contribution in [3.05, 3.63) is 48.7 Å². The number of anilines is 3. The Morgan fingerprint density at radius 1 is 1.04 bits per heavy atom. The molecule has 0 atom stereocenters. The molecular weight excluding hydrogens is 358 g/mol. The summed E-state index contributed by atoms with van der Waals surface area (Å²) in [6, 6.07) is 7.72. The van der Waals surface area contributed by atoms with Gasteiger partial charge >= 0.3 is 0 Å². The van der Waals surface area contributed by atoms with Gasteiger partial charge < -0.3 is 11.1 Å². The summed E-state index contributed by atoms with van der Waals surface area (Å²) in [4.78, 5) is 17.5. The molecule has 1 aromatic carbocycles. The molecule has 0 fully saturated rings. The highest BCUT2D eigenvalue weighted by molar-refractivity contribution is 5.86.